The van der Waals surface area contributed by atoms with Crippen LogP contribution >= 0.6 is 0 Å². The number of nitrogens with one attached hydrogen (secondary N) is 1. The number of carbonyl (C=O) groups is 2. The molecule has 0 aliphatic heterocycles. The lowest BCUT2D eigenvalue weighted by atomic mass is 10.1. The van der Waals surface area contributed by atoms with E-state index in [4.69, 9.17) is 14.2 Å². The molecule has 6 heteroatoms. The lowest BCUT2D eigenvalue weighted by molar-refractivity contribution is -0.125. The molecule has 0 aliphatic rings. The molecule has 21 heavy (non-hydrogen) atoms. The van der Waals surface area contributed by atoms with Gasteiger partial charge in [0, 0.05) is 5.54 Å². The number of methoxy groups -OCH3 is 2. The number of ether oxygens (including phenoxy) is 3. The van der Waals surface area contributed by atoms with Gasteiger partial charge in [-0.3, -0.25) is 4.79 Å². The third-order valence-electron chi connectivity index (χ3n) is 2.47. The largest absolute Gasteiger partial charge is 0.493 e. The van der Waals surface area contributed by atoms with Gasteiger partial charge in [0.1, 0.15) is 0 Å². The molecular weight excluding hydrogens is 274 g/mol. The zero-order valence-corrected chi connectivity index (χ0v) is 13.0. The Morgan fingerprint density at radius 2 is 1.71 bits per heavy atom. The van der Waals surface area contributed by atoms with E-state index in [-0.39, 0.29) is 23.6 Å². The molecule has 1 aromatic carbocycles. The number of hydrogen-bond acceptors (Lipinski definition) is 5. The van der Waals surface area contributed by atoms with Gasteiger partial charge < -0.3 is 19.5 Å². The Morgan fingerprint density at radius 1 is 1.10 bits per heavy atom. The van der Waals surface area contributed by atoms with E-state index in [1.807, 2.05) is 20.8 Å². The standard InChI is InChI=1S/C15H21NO5/c1-15(2,3)16-13(17)9-21-14(18)10-6-7-11(19-4)12(8-10)20-5/h6-8H,9H2,1-5H3,(H,16,17). The van der Waals surface area contributed by atoms with Crippen LogP contribution in [0.3, 0.4) is 0 Å². The van der Waals surface area contributed by atoms with Gasteiger partial charge in [-0.05, 0) is 39.0 Å². The highest BCUT2D eigenvalue weighted by atomic mass is 16.5. The van der Waals surface area contributed by atoms with E-state index in [0.717, 1.165) is 0 Å². The lowest BCUT2D eigenvalue weighted by Crippen LogP contribution is -2.42. The van der Waals surface area contributed by atoms with Crippen LogP contribution in [-0.4, -0.2) is 38.2 Å². The summed E-state index contributed by atoms with van der Waals surface area (Å²) in [7, 11) is 2.98. The smallest absolute Gasteiger partial charge is 0.338 e. The lowest BCUT2D eigenvalue weighted by Gasteiger charge is -2.20. The predicted octanol–water partition coefficient (Wildman–Crippen LogP) is 1.78. The quantitative estimate of drug-likeness (QED) is 0.838. The summed E-state index contributed by atoms with van der Waals surface area (Å²) >= 11 is 0. The van der Waals surface area contributed by atoms with Crippen molar-refractivity contribution in [3.05, 3.63) is 23.8 Å². The van der Waals surface area contributed by atoms with Gasteiger partial charge in [-0.2, -0.15) is 0 Å². The fraction of sp³-hybridized carbons (Fsp3) is 0.467. The number of rotatable bonds is 5. The van der Waals surface area contributed by atoms with Crippen molar-refractivity contribution in [2.24, 2.45) is 0 Å². The van der Waals surface area contributed by atoms with E-state index in [1.54, 1.807) is 12.1 Å². The van der Waals surface area contributed by atoms with E-state index >= 15 is 0 Å². The Hall–Kier alpha value is -2.24. The number of amides is 1. The zero-order valence-electron chi connectivity index (χ0n) is 13.0. The molecular formula is C15H21NO5. The summed E-state index contributed by atoms with van der Waals surface area (Å²) < 4.78 is 15.2. The first-order chi connectivity index (χ1) is 9.76. The van der Waals surface area contributed by atoms with Crippen LogP contribution < -0.4 is 14.8 Å². The maximum Gasteiger partial charge on any atom is 0.338 e. The number of esters is 1. The molecule has 116 valence electrons. The minimum Gasteiger partial charge on any atom is -0.493 e. The molecule has 0 heterocycles. The summed E-state index contributed by atoms with van der Waals surface area (Å²) in [6.45, 7) is 5.22. The summed E-state index contributed by atoms with van der Waals surface area (Å²) in [5, 5.41) is 2.71. The van der Waals surface area contributed by atoms with Crippen LogP contribution in [0.25, 0.3) is 0 Å². The average Bonchev–Trinajstić information content (AvgIpc) is 2.42. The summed E-state index contributed by atoms with van der Waals surface area (Å²) in [5.41, 5.74) is -0.0801. The van der Waals surface area contributed by atoms with Gasteiger partial charge in [-0.1, -0.05) is 0 Å². The molecule has 1 aromatic rings. The molecule has 1 amide bonds. The van der Waals surface area contributed by atoms with Gasteiger partial charge in [0.05, 0.1) is 19.8 Å². The highest BCUT2D eigenvalue weighted by Gasteiger charge is 2.17. The molecule has 0 bridgehead atoms. The first-order valence-electron chi connectivity index (χ1n) is 6.47. The second-order valence-corrected chi connectivity index (χ2v) is 5.44. The van der Waals surface area contributed by atoms with E-state index < -0.39 is 5.97 Å². The number of benzene rings is 1. The van der Waals surface area contributed by atoms with Crippen molar-refractivity contribution in [1.82, 2.24) is 5.32 Å². The van der Waals surface area contributed by atoms with Crippen molar-refractivity contribution in [1.29, 1.82) is 0 Å². The Bertz CT molecular complexity index is 519. The van der Waals surface area contributed by atoms with Gasteiger partial charge in [0.2, 0.25) is 0 Å². The fourth-order valence-corrected chi connectivity index (χ4v) is 1.63. The molecule has 6 nitrogen and oxygen atoms in total. The van der Waals surface area contributed by atoms with Crippen LogP contribution in [0.1, 0.15) is 31.1 Å². The van der Waals surface area contributed by atoms with Crippen molar-refractivity contribution < 1.29 is 23.8 Å². The van der Waals surface area contributed by atoms with E-state index in [1.165, 1.54) is 20.3 Å². The highest BCUT2D eigenvalue weighted by molar-refractivity contribution is 5.92. The second kappa shape index (κ2) is 6.97. The third-order valence-corrected chi connectivity index (χ3v) is 2.47. The number of hydrogen-bond donors (Lipinski definition) is 1. The van der Waals surface area contributed by atoms with Crippen molar-refractivity contribution >= 4 is 11.9 Å². The van der Waals surface area contributed by atoms with Crippen LogP contribution in [0.4, 0.5) is 0 Å². The SMILES string of the molecule is COc1ccc(C(=O)OCC(=O)NC(C)(C)C)cc1OC. The van der Waals surface area contributed by atoms with Gasteiger partial charge >= 0.3 is 5.97 Å². The molecule has 0 saturated heterocycles. The van der Waals surface area contributed by atoms with Gasteiger partial charge in [-0.15, -0.1) is 0 Å². The summed E-state index contributed by atoms with van der Waals surface area (Å²) in [6.07, 6.45) is 0. The molecule has 0 spiro atoms. The summed E-state index contributed by atoms with van der Waals surface area (Å²) in [6, 6.07) is 4.65. The van der Waals surface area contributed by atoms with Crippen molar-refractivity contribution in [2.45, 2.75) is 26.3 Å². The third kappa shape index (κ3) is 5.33. The molecule has 1 N–H and O–H groups in total. The molecule has 0 saturated carbocycles. The van der Waals surface area contributed by atoms with Crippen LogP contribution in [-0.2, 0) is 9.53 Å². The van der Waals surface area contributed by atoms with E-state index in [0.29, 0.717) is 11.5 Å². The zero-order chi connectivity index (χ0) is 16.0. The molecule has 0 radical (unpaired) electrons. The topological polar surface area (TPSA) is 73.9 Å². The van der Waals surface area contributed by atoms with Crippen LogP contribution in [0.15, 0.2) is 18.2 Å². The monoisotopic (exact) mass is 295 g/mol. The van der Waals surface area contributed by atoms with Crippen molar-refractivity contribution in [3.8, 4) is 11.5 Å². The fourth-order valence-electron chi connectivity index (χ4n) is 1.63. The van der Waals surface area contributed by atoms with Crippen molar-refractivity contribution in [2.75, 3.05) is 20.8 Å². The molecule has 0 fully saturated rings. The highest BCUT2D eigenvalue weighted by Crippen LogP contribution is 2.27. The normalized spacial score (nSPS) is 10.7. The Kier molecular flexibility index (Phi) is 5.58. The first kappa shape index (κ1) is 16.8. The first-order valence-corrected chi connectivity index (χ1v) is 6.47. The molecule has 1 rings (SSSR count). The Labute approximate surface area is 124 Å². The van der Waals surface area contributed by atoms with Gasteiger partial charge in [-0.25, -0.2) is 4.79 Å². The van der Waals surface area contributed by atoms with Gasteiger partial charge in [0.25, 0.3) is 5.91 Å². The Morgan fingerprint density at radius 3 is 2.24 bits per heavy atom. The minimum atomic E-state index is -0.597. The van der Waals surface area contributed by atoms with E-state index in [9.17, 15) is 9.59 Å². The Balaban J connectivity index is 2.66. The average molecular weight is 295 g/mol. The molecule has 0 unspecified atom stereocenters. The molecule has 0 atom stereocenters. The van der Waals surface area contributed by atoms with E-state index in [2.05, 4.69) is 5.32 Å². The summed E-state index contributed by atoms with van der Waals surface area (Å²) in [4.78, 5) is 23.5. The predicted molar refractivity (Wildman–Crippen MR) is 77.7 cm³/mol. The van der Waals surface area contributed by atoms with Gasteiger partial charge in [0.15, 0.2) is 18.1 Å². The second-order valence-electron chi connectivity index (χ2n) is 5.44. The van der Waals surface area contributed by atoms with Crippen LogP contribution in [0.5, 0.6) is 11.5 Å². The maximum atomic E-state index is 11.9. The van der Waals surface area contributed by atoms with Crippen LogP contribution in [0, 0.1) is 0 Å². The number of carbonyl (C=O) groups excluding carboxylic acids is 2. The minimum absolute atomic E-state index is 0.288. The summed E-state index contributed by atoms with van der Waals surface area (Å²) in [5.74, 6) is -0.0121. The molecule has 0 aromatic heterocycles. The van der Waals surface area contributed by atoms with Crippen LogP contribution in [0.2, 0.25) is 0 Å². The van der Waals surface area contributed by atoms with Crippen molar-refractivity contribution in [3.63, 3.8) is 0 Å². The maximum absolute atomic E-state index is 11.9. The molecule has 0 aliphatic carbocycles.